The fourth-order valence-corrected chi connectivity index (χ4v) is 2.55. The number of rotatable bonds is 4. The van der Waals surface area contributed by atoms with E-state index in [-0.39, 0.29) is 22.3 Å². The van der Waals surface area contributed by atoms with Gasteiger partial charge in [0, 0.05) is 10.4 Å². The maximum atomic E-state index is 13.6. The van der Waals surface area contributed by atoms with Crippen LogP contribution < -0.4 is 4.74 Å². The molecule has 0 saturated heterocycles. The molecule has 0 aliphatic carbocycles. The van der Waals surface area contributed by atoms with E-state index in [4.69, 9.17) is 21.4 Å². The van der Waals surface area contributed by atoms with Crippen molar-refractivity contribution >= 4 is 28.9 Å². The summed E-state index contributed by atoms with van der Waals surface area (Å²) >= 11 is 6.81. The van der Waals surface area contributed by atoms with Gasteiger partial charge in [0.1, 0.15) is 11.5 Å². The van der Waals surface area contributed by atoms with Gasteiger partial charge >= 0.3 is 5.97 Å². The molecule has 0 saturated carbocycles. The largest absolute Gasteiger partial charge is 0.486 e. The van der Waals surface area contributed by atoms with E-state index in [0.29, 0.717) is 0 Å². The van der Waals surface area contributed by atoms with E-state index in [1.807, 2.05) is 0 Å². The Morgan fingerprint density at radius 1 is 1.53 bits per heavy atom. The van der Waals surface area contributed by atoms with Crippen molar-refractivity contribution in [2.24, 2.45) is 0 Å². The van der Waals surface area contributed by atoms with Crippen LogP contribution >= 0.6 is 22.9 Å². The molecule has 2 aromatic rings. The lowest BCUT2D eigenvalue weighted by molar-refractivity contribution is 0.0702. The van der Waals surface area contributed by atoms with E-state index in [2.05, 4.69) is 0 Å². The summed E-state index contributed by atoms with van der Waals surface area (Å²) in [4.78, 5) is 11.9. The highest BCUT2D eigenvalue weighted by Crippen LogP contribution is 2.27. The van der Waals surface area contributed by atoms with E-state index >= 15 is 0 Å². The zero-order valence-corrected chi connectivity index (χ0v) is 11.5. The molecule has 0 fully saturated rings. The maximum absolute atomic E-state index is 13.6. The molecule has 0 amide bonds. The van der Waals surface area contributed by atoms with Crippen LogP contribution in [0, 0.1) is 12.7 Å². The molecule has 0 aliphatic rings. The molecule has 100 valence electrons. The number of aryl methyl sites for hydroxylation is 1. The van der Waals surface area contributed by atoms with Gasteiger partial charge in [0.05, 0.1) is 5.02 Å². The van der Waals surface area contributed by atoms with Gasteiger partial charge in [-0.25, -0.2) is 9.18 Å². The fraction of sp³-hybridized carbons (Fsp3) is 0.154. The zero-order valence-electron chi connectivity index (χ0n) is 9.94. The predicted octanol–water partition coefficient (Wildman–Crippen LogP) is 4.13. The molecule has 2 rings (SSSR count). The van der Waals surface area contributed by atoms with Crippen LogP contribution in [-0.2, 0) is 6.61 Å². The van der Waals surface area contributed by atoms with Crippen LogP contribution in [0.3, 0.4) is 0 Å². The van der Waals surface area contributed by atoms with Crippen molar-refractivity contribution in [2.45, 2.75) is 13.5 Å². The van der Waals surface area contributed by atoms with Gasteiger partial charge in [-0.15, -0.1) is 11.3 Å². The standard InChI is InChI=1S/C13H10ClFO3S/c1-7-8(5-11(19-7)13(16)17)6-18-10-4-2-3-9(14)12(10)15/h2-5H,6H2,1H3,(H,16,17). The third-order valence-corrected chi connectivity index (χ3v) is 3.90. The predicted molar refractivity (Wildman–Crippen MR) is 71.8 cm³/mol. The van der Waals surface area contributed by atoms with Gasteiger partial charge in [0.2, 0.25) is 0 Å². The van der Waals surface area contributed by atoms with Crippen molar-refractivity contribution in [1.29, 1.82) is 0 Å². The van der Waals surface area contributed by atoms with Crippen molar-refractivity contribution in [3.8, 4) is 5.75 Å². The van der Waals surface area contributed by atoms with Gasteiger partial charge in [-0.05, 0) is 25.1 Å². The first-order valence-corrected chi connectivity index (χ1v) is 6.58. The summed E-state index contributed by atoms with van der Waals surface area (Å²) in [5, 5.41) is 8.87. The summed E-state index contributed by atoms with van der Waals surface area (Å²) < 4.78 is 18.9. The molecule has 0 spiro atoms. The second kappa shape index (κ2) is 5.59. The first-order valence-electron chi connectivity index (χ1n) is 5.38. The summed E-state index contributed by atoms with van der Waals surface area (Å²) in [5.74, 6) is -1.54. The summed E-state index contributed by atoms with van der Waals surface area (Å²) in [5.41, 5.74) is 0.724. The van der Waals surface area contributed by atoms with E-state index in [0.717, 1.165) is 10.4 Å². The number of hydrogen-bond acceptors (Lipinski definition) is 3. The second-order valence-electron chi connectivity index (χ2n) is 3.84. The lowest BCUT2D eigenvalue weighted by Crippen LogP contribution is -1.98. The summed E-state index contributed by atoms with van der Waals surface area (Å²) in [6.45, 7) is 1.90. The SMILES string of the molecule is Cc1sc(C(=O)O)cc1COc1cccc(Cl)c1F. The number of carboxylic acids is 1. The quantitative estimate of drug-likeness (QED) is 0.923. The minimum Gasteiger partial charge on any atom is -0.486 e. The number of benzene rings is 1. The lowest BCUT2D eigenvalue weighted by atomic mass is 10.2. The van der Waals surface area contributed by atoms with E-state index in [1.54, 1.807) is 13.0 Å². The third kappa shape index (κ3) is 3.05. The van der Waals surface area contributed by atoms with Gasteiger partial charge in [-0.1, -0.05) is 17.7 Å². The smallest absolute Gasteiger partial charge is 0.345 e. The number of hydrogen-bond donors (Lipinski definition) is 1. The molecule has 19 heavy (non-hydrogen) atoms. The molecule has 0 aliphatic heterocycles. The molecule has 1 aromatic heterocycles. The van der Waals surface area contributed by atoms with Crippen LogP contribution in [-0.4, -0.2) is 11.1 Å². The highest BCUT2D eigenvalue weighted by atomic mass is 35.5. The number of ether oxygens (including phenoxy) is 1. The topological polar surface area (TPSA) is 46.5 Å². The molecular formula is C13H10ClFO3S. The Balaban J connectivity index is 2.14. The Morgan fingerprint density at radius 2 is 2.26 bits per heavy atom. The Labute approximate surface area is 118 Å². The fourth-order valence-electron chi connectivity index (χ4n) is 1.52. The van der Waals surface area contributed by atoms with Crippen molar-refractivity contribution < 1.29 is 19.0 Å². The molecule has 1 aromatic carbocycles. The molecule has 0 atom stereocenters. The normalized spacial score (nSPS) is 10.5. The first kappa shape index (κ1) is 13.8. The highest BCUT2D eigenvalue weighted by molar-refractivity contribution is 7.14. The van der Waals surface area contributed by atoms with E-state index in [1.165, 1.54) is 29.5 Å². The maximum Gasteiger partial charge on any atom is 0.345 e. The Morgan fingerprint density at radius 3 is 2.89 bits per heavy atom. The van der Waals surface area contributed by atoms with Gasteiger partial charge in [-0.2, -0.15) is 0 Å². The number of halogens is 2. The third-order valence-electron chi connectivity index (χ3n) is 2.53. The van der Waals surface area contributed by atoms with Crippen molar-refractivity contribution in [3.63, 3.8) is 0 Å². The van der Waals surface area contributed by atoms with Crippen LogP contribution in [0.2, 0.25) is 5.02 Å². The lowest BCUT2D eigenvalue weighted by Gasteiger charge is -2.07. The average Bonchev–Trinajstić information content (AvgIpc) is 2.73. The van der Waals surface area contributed by atoms with Crippen LogP contribution in [0.1, 0.15) is 20.1 Å². The number of aromatic carboxylic acids is 1. The van der Waals surface area contributed by atoms with Crippen LogP contribution in [0.25, 0.3) is 0 Å². The molecule has 1 heterocycles. The van der Waals surface area contributed by atoms with Crippen LogP contribution in [0.5, 0.6) is 5.75 Å². The molecule has 3 nitrogen and oxygen atoms in total. The van der Waals surface area contributed by atoms with Crippen LogP contribution in [0.15, 0.2) is 24.3 Å². The van der Waals surface area contributed by atoms with Gasteiger partial charge < -0.3 is 9.84 Å². The summed E-state index contributed by atoms with van der Waals surface area (Å²) in [6.07, 6.45) is 0. The molecular weight excluding hydrogens is 291 g/mol. The van der Waals surface area contributed by atoms with Crippen LogP contribution in [0.4, 0.5) is 4.39 Å². The zero-order chi connectivity index (χ0) is 14.0. The minimum absolute atomic E-state index is 0.00855. The Bertz CT molecular complexity index is 624. The van der Waals surface area contributed by atoms with Gasteiger partial charge in [0.15, 0.2) is 11.6 Å². The highest BCUT2D eigenvalue weighted by Gasteiger charge is 2.13. The second-order valence-corrected chi connectivity index (χ2v) is 5.50. The molecule has 1 N–H and O–H groups in total. The van der Waals surface area contributed by atoms with Crippen molar-refractivity contribution in [2.75, 3.05) is 0 Å². The monoisotopic (exact) mass is 300 g/mol. The van der Waals surface area contributed by atoms with E-state index in [9.17, 15) is 9.18 Å². The summed E-state index contributed by atoms with van der Waals surface area (Å²) in [6, 6.07) is 6.03. The molecule has 6 heteroatoms. The number of thiophene rings is 1. The number of carbonyl (C=O) groups is 1. The molecule has 0 bridgehead atoms. The van der Waals surface area contributed by atoms with Gasteiger partial charge in [0.25, 0.3) is 0 Å². The molecule has 0 radical (unpaired) electrons. The molecule has 0 unspecified atom stereocenters. The van der Waals surface area contributed by atoms with E-state index < -0.39 is 11.8 Å². The van der Waals surface area contributed by atoms with Crippen molar-refractivity contribution in [3.05, 3.63) is 50.4 Å². The minimum atomic E-state index is -0.978. The van der Waals surface area contributed by atoms with Crippen molar-refractivity contribution in [1.82, 2.24) is 0 Å². The first-order chi connectivity index (χ1) is 8.99. The number of carboxylic acid groups (broad SMARTS) is 1. The Kier molecular flexibility index (Phi) is 4.07. The average molecular weight is 301 g/mol. The summed E-state index contributed by atoms with van der Waals surface area (Å²) in [7, 11) is 0. The van der Waals surface area contributed by atoms with Gasteiger partial charge in [-0.3, -0.25) is 0 Å². The Hall–Kier alpha value is -1.59.